The highest BCUT2D eigenvalue weighted by molar-refractivity contribution is 7.27. The summed E-state index contributed by atoms with van der Waals surface area (Å²) in [6.45, 7) is 2.73. The molecule has 2 aromatic carbocycles. The van der Waals surface area contributed by atoms with Gasteiger partial charge in [0.2, 0.25) is 0 Å². The van der Waals surface area contributed by atoms with Gasteiger partial charge in [0.1, 0.15) is 5.82 Å². The van der Waals surface area contributed by atoms with Gasteiger partial charge in [-0.15, -0.1) is 9.24 Å². The van der Waals surface area contributed by atoms with Crippen molar-refractivity contribution in [3.05, 3.63) is 65.5 Å². The molecule has 2 aromatic rings. The average Bonchev–Trinajstić information content (AvgIpc) is 2.44. The molecule has 0 aliphatic rings. The summed E-state index contributed by atoms with van der Waals surface area (Å²) in [5.41, 5.74) is 8.13. The lowest BCUT2D eigenvalue weighted by molar-refractivity contribution is 0.461. The van der Waals surface area contributed by atoms with Gasteiger partial charge in [0.05, 0.1) is 0 Å². The minimum absolute atomic E-state index is 0.140. The molecular formula is C17H21FNP. The van der Waals surface area contributed by atoms with E-state index >= 15 is 0 Å². The van der Waals surface area contributed by atoms with E-state index in [0.29, 0.717) is 12.5 Å². The standard InChI is InChI=1S/C17H21FNP/c1-2-12(11-19)17(13-5-3-7-15(18)9-13)14-6-4-8-16(20)10-14/h3-10,12,17H,2,11,19-20H2,1H3. The van der Waals surface area contributed by atoms with Crippen LogP contribution in [0.15, 0.2) is 48.5 Å². The number of nitrogens with two attached hydrogens (primary N) is 1. The molecule has 3 atom stereocenters. The summed E-state index contributed by atoms with van der Waals surface area (Å²) >= 11 is 0. The lowest BCUT2D eigenvalue weighted by atomic mass is 9.79. The minimum atomic E-state index is -0.193. The van der Waals surface area contributed by atoms with E-state index in [4.69, 9.17) is 5.73 Å². The topological polar surface area (TPSA) is 26.0 Å². The Bertz CT molecular complexity index is 521. The van der Waals surface area contributed by atoms with Crippen LogP contribution in [0.4, 0.5) is 4.39 Å². The van der Waals surface area contributed by atoms with Crippen molar-refractivity contribution in [2.24, 2.45) is 11.7 Å². The zero-order valence-electron chi connectivity index (χ0n) is 11.7. The molecular weight excluding hydrogens is 268 g/mol. The third-order valence-electron chi connectivity index (χ3n) is 3.78. The van der Waals surface area contributed by atoms with Gasteiger partial charge in [0.15, 0.2) is 0 Å². The summed E-state index contributed by atoms with van der Waals surface area (Å²) in [6.07, 6.45) is 0.971. The predicted molar refractivity (Wildman–Crippen MR) is 86.9 cm³/mol. The third kappa shape index (κ3) is 3.45. The van der Waals surface area contributed by atoms with Gasteiger partial charge < -0.3 is 5.73 Å². The van der Waals surface area contributed by atoms with Gasteiger partial charge in [0, 0.05) is 5.92 Å². The normalized spacial score (nSPS) is 14.0. The van der Waals surface area contributed by atoms with E-state index in [1.807, 2.05) is 18.2 Å². The van der Waals surface area contributed by atoms with Crippen LogP contribution in [0.2, 0.25) is 0 Å². The zero-order chi connectivity index (χ0) is 14.5. The van der Waals surface area contributed by atoms with E-state index in [0.717, 1.165) is 17.3 Å². The lowest BCUT2D eigenvalue weighted by Crippen LogP contribution is -2.23. The molecule has 0 spiro atoms. The first-order chi connectivity index (χ1) is 9.65. The van der Waals surface area contributed by atoms with Crippen molar-refractivity contribution in [3.8, 4) is 0 Å². The number of hydrogen-bond donors (Lipinski definition) is 1. The molecule has 0 amide bonds. The van der Waals surface area contributed by atoms with Crippen LogP contribution in [-0.2, 0) is 0 Å². The average molecular weight is 289 g/mol. The van der Waals surface area contributed by atoms with Crippen molar-refractivity contribution < 1.29 is 4.39 Å². The highest BCUT2D eigenvalue weighted by Crippen LogP contribution is 2.33. The molecule has 0 aliphatic carbocycles. The number of halogens is 1. The molecule has 0 saturated carbocycles. The van der Waals surface area contributed by atoms with Crippen LogP contribution in [-0.4, -0.2) is 6.54 Å². The van der Waals surface area contributed by atoms with Crippen LogP contribution in [0.5, 0.6) is 0 Å². The summed E-state index contributed by atoms with van der Waals surface area (Å²) < 4.78 is 13.6. The first-order valence-corrected chi connectivity index (χ1v) is 7.54. The molecule has 0 saturated heterocycles. The molecule has 0 bridgehead atoms. The Morgan fingerprint density at radius 3 is 2.30 bits per heavy atom. The van der Waals surface area contributed by atoms with Gasteiger partial charge in [-0.05, 0) is 41.0 Å². The van der Waals surface area contributed by atoms with Crippen molar-refractivity contribution in [2.45, 2.75) is 19.3 Å². The van der Waals surface area contributed by atoms with Gasteiger partial charge in [-0.25, -0.2) is 4.39 Å². The monoisotopic (exact) mass is 289 g/mol. The third-order valence-corrected chi connectivity index (χ3v) is 4.14. The van der Waals surface area contributed by atoms with Gasteiger partial charge >= 0.3 is 0 Å². The first-order valence-electron chi connectivity index (χ1n) is 6.96. The molecule has 0 fully saturated rings. The molecule has 0 heterocycles. The van der Waals surface area contributed by atoms with Gasteiger partial charge in [-0.3, -0.25) is 0 Å². The van der Waals surface area contributed by atoms with Gasteiger partial charge in [-0.2, -0.15) is 0 Å². The van der Waals surface area contributed by atoms with E-state index in [1.165, 1.54) is 11.6 Å². The number of hydrogen-bond acceptors (Lipinski definition) is 1. The van der Waals surface area contributed by atoms with Crippen LogP contribution in [0.1, 0.15) is 30.4 Å². The summed E-state index contributed by atoms with van der Waals surface area (Å²) in [7, 11) is 2.71. The lowest BCUT2D eigenvalue weighted by Gasteiger charge is -2.26. The second-order valence-electron chi connectivity index (χ2n) is 5.11. The first kappa shape index (κ1) is 15.2. The molecule has 3 heteroatoms. The molecule has 20 heavy (non-hydrogen) atoms. The second kappa shape index (κ2) is 6.97. The Labute approximate surface area is 122 Å². The maximum absolute atomic E-state index is 13.6. The summed E-state index contributed by atoms with van der Waals surface area (Å²) in [5, 5.41) is 1.13. The molecule has 2 rings (SSSR count). The van der Waals surface area contributed by atoms with Gasteiger partial charge in [-0.1, -0.05) is 49.7 Å². The highest BCUT2D eigenvalue weighted by Gasteiger charge is 2.23. The fourth-order valence-corrected chi connectivity index (χ4v) is 3.03. The van der Waals surface area contributed by atoms with Crippen molar-refractivity contribution in [2.75, 3.05) is 6.54 Å². The van der Waals surface area contributed by atoms with Crippen molar-refractivity contribution >= 4 is 14.5 Å². The Morgan fingerprint density at radius 1 is 1.10 bits per heavy atom. The predicted octanol–water partition coefficient (Wildman–Crippen LogP) is 3.44. The van der Waals surface area contributed by atoms with Crippen LogP contribution >= 0.6 is 9.24 Å². The second-order valence-corrected chi connectivity index (χ2v) is 5.77. The van der Waals surface area contributed by atoms with Crippen molar-refractivity contribution in [1.29, 1.82) is 0 Å². The summed E-state index contributed by atoms with van der Waals surface area (Å²) in [6, 6.07) is 15.2. The van der Waals surface area contributed by atoms with E-state index in [-0.39, 0.29) is 11.7 Å². The number of benzene rings is 2. The maximum Gasteiger partial charge on any atom is 0.123 e. The molecule has 1 nitrogen and oxygen atoms in total. The zero-order valence-corrected chi connectivity index (χ0v) is 12.9. The summed E-state index contributed by atoms with van der Waals surface area (Å²) in [4.78, 5) is 0. The highest BCUT2D eigenvalue weighted by atomic mass is 31.0. The Hall–Kier alpha value is -1.24. The smallest absolute Gasteiger partial charge is 0.123 e. The largest absolute Gasteiger partial charge is 0.330 e. The molecule has 106 valence electrons. The van der Waals surface area contributed by atoms with E-state index < -0.39 is 0 Å². The fourth-order valence-electron chi connectivity index (χ4n) is 2.73. The van der Waals surface area contributed by atoms with Gasteiger partial charge in [0.25, 0.3) is 0 Å². The van der Waals surface area contributed by atoms with Crippen LogP contribution < -0.4 is 11.0 Å². The summed E-state index contributed by atoms with van der Waals surface area (Å²) in [5.74, 6) is 0.256. The molecule has 0 radical (unpaired) electrons. The maximum atomic E-state index is 13.6. The van der Waals surface area contributed by atoms with Crippen LogP contribution in [0.3, 0.4) is 0 Å². The molecule has 0 aliphatic heterocycles. The molecule has 2 N–H and O–H groups in total. The quantitative estimate of drug-likeness (QED) is 0.838. The fraction of sp³-hybridized carbons (Fsp3) is 0.294. The van der Waals surface area contributed by atoms with Crippen LogP contribution in [0.25, 0.3) is 0 Å². The number of rotatable bonds is 5. The van der Waals surface area contributed by atoms with Crippen LogP contribution in [0, 0.1) is 11.7 Å². The van der Waals surface area contributed by atoms with E-state index in [9.17, 15) is 4.39 Å². The Kier molecular flexibility index (Phi) is 5.28. The van der Waals surface area contributed by atoms with E-state index in [2.05, 4.69) is 28.3 Å². The van der Waals surface area contributed by atoms with E-state index in [1.54, 1.807) is 12.1 Å². The van der Waals surface area contributed by atoms with Crippen molar-refractivity contribution in [1.82, 2.24) is 0 Å². The SMILES string of the molecule is CCC(CN)C(c1cccc(F)c1)c1cccc(P)c1. The molecule has 0 aromatic heterocycles. The Morgan fingerprint density at radius 2 is 1.75 bits per heavy atom. The Balaban J connectivity index is 2.49. The molecule has 3 unspecified atom stereocenters. The van der Waals surface area contributed by atoms with Crippen molar-refractivity contribution in [3.63, 3.8) is 0 Å². The minimum Gasteiger partial charge on any atom is -0.330 e.